The summed E-state index contributed by atoms with van der Waals surface area (Å²) in [5.74, 6) is 1.79. The molecular formula is C70H50N6. The Balaban J connectivity index is 1.07. The number of anilines is 5. The topological polar surface area (TPSA) is 50.1 Å². The first-order valence-electron chi connectivity index (χ1n) is 26.1. The van der Waals surface area contributed by atoms with Crippen LogP contribution >= 0.6 is 0 Å². The lowest BCUT2D eigenvalue weighted by Gasteiger charge is -2.39. The van der Waals surface area contributed by atoms with E-state index in [1.807, 2.05) is 36.4 Å². The highest BCUT2D eigenvalue weighted by molar-refractivity contribution is 6.13. The summed E-state index contributed by atoms with van der Waals surface area (Å²) in [7, 11) is 0. The van der Waals surface area contributed by atoms with Gasteiger partial charge in [-0.2, -0.15) is 9.97 Å². The molecule has 0 radical (unpaired) electrons. The molecule has 10 aromatic carbocycles. The van der Waals surface area contributed by atoms with E-state index in [2.05, 4.69) is 257 Å². The summed E-state index contributed by atoms with van der Waals surface area (Å²) in [5, 5.41) is 2.27. The molecule has 360 valence electrons. The highest BCUT2D eigenvalue weighted by atomic mass is 15.2. The summed E-state index contributed by atoms with van der Waals surface area (Å²) in [6.45, 7) is 0. The Morgan fingerprint density at radius 3 is 1.41 bits per heavy atom. The van der Waals surface area contributed by atoms with Gasteiger partial charge in [-0.05, 0) is 108 Å². The van der Waals surface area contributed by atoms with Gasteiger partial charge in [-0.1, -0.05) is 212 Å². The predicted octanol–water partition coefficient (Wildman–Crippen LogP) is 17.5. The molecule has 0 saturated carbocycles. The van der Waals surface area contributed by atoms with Crippen molar-refractivity contribution in [3.05, 3.63) is 307 Å². The Bertz CT molecular complexity index is 4000. The smallest absolute Gasteiger partial charge is 0.238 e. The first-order valence-corrected chi connectivity index (χ1v) is 26.1. The van der Waals surface area contributed by atoms with Crippen LogP contribution in [-0.2, 0) is 5.41 Å². The third-order valence-electron chi connectivity index (χ3n) is 15.2. The van der Waals surface area contributed by atoms with Gasteiger partial charge >= 0.3 is 0 Å². The zero-order valence-electron chi connectivity index (χ0n) is 41.7. The largest absolute Gasteiger partial charge is 0.314 e. The zero-order valence-corrected chi connectivity index (χ0v) is 41.7. The van der Waals surface area contributed by atoms with E-state index in [0.29, 0.717) is 17.6 Å². The SMILES string of the molecule is C1=C(N(c2ccccc2)c2ccccc2)CCC(C2(c3ccc(N(c4ccccc4)c4ccccc4)cc3)c3ccccc3-c3ccc4c5ccccc5n(-c5nc(-c6ccccc6)nc(-c6ccccc6)n5)c4c32)=C1. The van der Waals surface area contributed by atoms with E-state index in [9.17, 15) is 0 Å². The molecule has 1 unspecified atom stereocenters. The van der Waals surface area contributed by atoms with Crippen LogP contribution in [0.25, 0.3) is 61.7 Å². The lowest BCUT2D eigenvalue weighted by atomic mass is 9.64. The predicted molar refractivity (Wildman–Crippen MR) is 312 cm³/mol. The minimum absolute atomic E-state index is 0.565. The zero-order chi connectivity index (χ0) is 50.4. The lowest BCUT2D eigenvalue weighted by Crippen LogP contribution is -2.32. The standard InChI is InChI=1S/C70H50N6/c1-7-23-49(24-8-1)67-71-68(50-25-9-2-10-26-50)73-69(72-67)76-64-38-22-20-36-60(64)62-48-47-61-59-35-19-21-37-63(59)70(65(61)66(62)76,51-39-43-57(44-40-51)74(53-27-11-3-12-28-53)54-29-13-4-14-30-54)52-41-45-58(46-42-52)75(55-31-15-5-16-32-55)56-33-17-6-18-34-56/h1-41,43-45,47-48H,42,46H2. The molecule has 12 aromatic rings. The normalized spacial score (nSPS) is 14.7. The molecule has 14 rings (SSSR count). The summed E-state index contributed by atoms with van der Waals surface area (Å²) in [6, 6.07) is 95.3. The second kappa shape index (κ2) is 18.9. The molecular weight excluding hydrogens is 925 g/mol. The van der Waals surface area contributed by atoms with Crippen molar-refractivity contribution in [1.29, 1.82) is 0 Å². The minimum Gasteiger partial charge on any atom is -0.314 e. The van der Waals surface area contributed by atoms with Crippen LogP contribution in [0.2, 0.25) is 0 Å². The fourth-order valence-corrected chi connectivity index (χ4v) is 12.0. The van der Waals surface area contributed by atoms with Crippen molar-refractivity contribution in [2.45, 2.75) is 18.3 Å². The number of nitrogens with zero attached hydrogens (tertiary/aromatic N) is 6. The number of fused-ring (bicyclic) bond motifs is 7. The van der Waals surface area contributed by atoms with Gasteiger partial charge in [0.2, 0.25) is 5.95 Å². The fraction of sp³-hybridized carbons (Fsp3) is 0.0429. The maximum atomic E-state index is 5.46. The average molecular weight is 975 g/mol. The molecule has 76 heavy (non-hydrogen) atoms. The monoisotopic (exact) mass is 974 g/mol. The molecule has 2 aromatic heterocycles. The molecule has 1 atom stereocenters. The van der Waals surface area contributed by atoms with Crippen molar-refractivity contribution in [3.63, 3.8) is 0 Å². The van der Waals surface area contributed by atoms with E-state index in [4.69, 9.17) is 15.0 Å². The lowest BCUT2D eigenvalue weighted by molar-refractivity contribution is 0.683. The third kappa shape index (κ3) is 7.45. The van der Waals surface area contributed by atoms with Gasteiger partial charge in [0.25, 0.3) is 0 Å². The van der Waals surface area contributed by atoms with Gasteiger partial charge in [0.05, 0.1) is 16.4 Å². The molecule has 2 heterocycles. The van der Waals surface area contributed by atoms with Crippen LogP contribution in [0.3, 0.4) is 0 Å². The number of rotatable bonds is 11. The van der Waals surface area contributed by atoms with Gasteiger partial charge < -0.3 is 9.80 Å². The quantitative estimate of drug-likeness (QED) is 0.129. The number of allylic oxidation sites excluding steroid dienone is 4. The van der Waals surface area contributed by atoms with Crippen molar-refractivity contribution in [2.24, 2.45) is 0 Å². The molecule has 0 fully saturated rings. The van der Waals surface area contributed by atoms with E-state index in [1.165, 1.54) is 39.1 Å². The second-order valence-corrected chi connectivity index (χ2v) is 19.5. The first kappa shape index (κ1) is 44.8. The van der Waals surface area contributed by atoms with Crippen LogP contribution in [0.4, 0.5) is 28.4 Å². The molecule has 6 nitrogen and oxygen atoms in total. The molecule has 0 aliphatic heterocycles. The summed E-state index contributed by atoms with van der Waals surface area (Å²) in [4.78, 5) is 20.8. The molecule has 0 N–H and O–H groups in total. The Morgan fingerprint density at radius 1 is 0.368 bits per heavy atom. The van der Waals surface area contributed by atoms with Crippen molar-refractivity contribution in [1.82, 2.24) is 19.5 Å². The van der Waals surface area contributed by atoms with E-state index in [1.54, 1.807) is 0 Å². The van der Waals surface area contributed by atoms with Crippen LogP contribution in [0.1, 0.15) is 29.5 Å². The maximum Gasteiger partial charge on any atom is 0.238 e. The molecule has 0 saturated heterocycles. The Hall–Kier alpha value is -9.91. The minimum atomic E-state index is -0.760. The first-order chi connectivity index (χ1) is 37.7. The summed E-state index contributed by atoms with van der Waals surface area (Å²) in [6.07, 6.45) is 6.43. The molecule has 6 heteroatoms. The average Bonchev–Trinajstić information content (AvgIpc) is 4.22. The van der Waals surface area contributed by atoms with Crippen LogP contribution in [0, 0.1) is 0 Å². The highest BCUT2D eigenvalue weighted by Crippen LogP contribution is 2.61. The number of hydrogen-bond donors (Lipinski definition) is 0. The van der Waals surface area contributed by atoms with E-state index < -0.39 is 5.41 Å². The Morgan fingerprint density at radius 2 is 0.855 bits per heavy atom. The van der Waals surface area contributed by atoms with Gasteiger partial charge in [0.15, 0.2) is 11.6 Å². The number of aromatic nitrogens is 4. The number of benzene rings is 10. The van der Waals surface area contributed by atoms with Crippen LogP contribution in [0.15, 0.2) is 290 Å². The molecule has 2 aliphatic carbocycles. The summed E-state index contributed by atoms with van der Waals surface area (Å²) < 4.78 is 2.34. The van der Waals surface area contributed by atoms with Gasteiger partial charge in [-0.25, -0.2) is 4.98 Å². The van der Waals surface area contributed by atoms with Crippen LogP contribution < -0.4 is 9.80 Å². The van der Waals surface area contributed by atoms with Gasteiger partial charge in [-0.15, -0.1) is 0 Å². The molecule has 2 aliphatic rings. The van der Waals surface area contributed by atoms with Crippen molar-refractivity contribution < 1.29 is 0 Å². The van der Waals surface area contributed by atoms with Crippen molar-refractivity contribution in [3.8, 4) is 39.9 Å². The van der Waals surface area contributed by atoms with Gasteiger partial charge in [-0.3, -0.25) is 4.57 Å². The fourth-order valence-electron chi connectivity index (χ4n) is 12.0. The van der Waals surface area contributed by atoms with Crippen LogP contribution in [-0.4, -0.2) is 19.5 Å². The van der Waals surface area contributed by atoms with Crippen molar-refractivity contribution >= 4 is 50.2 Å². The second-order valence-electron chi connectivity index (χ2n) is 19.5. The summed E-state index contributed by atoms with van der Waals surface area (Å²) >= 11 is 0. The highest BCUT2D eigenvalue weighted by Gasteiger charge is 2.50. The van der Waals surface area contributed by atoms with E-state index in [0.717, 1.165) is 74.2 Å². The van der Waals surface area contributed by atoms with Gasteiger partial charge in [0.1, 0.15) is 0 Å². The molecule has 0 bridgehead atoms. The Kier molecular flexibility index (Phi) is 11.1. The molecule has 0 spiro atoms. The number of para-hydroxylation sites is 5. The van der Waals surface area contributed by atoms with E-state index in [-0.39, 0.29) is 0 Å². The van der Waals surface area contributed by atoms with Crippen LogP contribution in [0.5, 0.6) is 0 Å². The number of hydrogen-bond acceptors (Lipinski definition) is 5. The Labute approximate surface area is 442 Å². The van der Waals surface area contributed by atoms with Crippen molar-refractivity contribution in [2.75, 3.05) is 9.80 Å². The van der Waals surface area contributed by atoms with E-state index >= 15 is 0 Å². The molecule has 0 amide bonds. The maximum absolute atomic E-state index is 5.46. The van der Waals surface area contributed by atoms with Gasteiger partial charge in [0, 0.05) is 61.6 Å². The third-order valence-corrected chi connectivity index (χ3v) is 15.2. The summed E-state index contributed by atoms with van der Waals surface area (Å²) in [5.41, 5.74) is 17.3.